The van der Waals surface area contributed by atoms with Gasteiger partial charge in [0.1, 0.15) is 5.25 Å². The number of para-hydroxylation sites is 1. The maximum atomic E-state index is 12.6. The molecule has 5 rings (SSSR count). The van der Waals surface area contributed by atoms with Gasteiger partial charge in [0.2, 0.25) is 5.91 Å². The van der Waals surface area contributed by atoms with Crippen LogP contribution < -0.4 is 5.32 Å². The van der Waals surface area contributed by atoms with E-state index in [1.165, 1.54) is 11.8 Å². The number of amides is 2. The van der Waals surface area contributed by atoms with Gasteiger partial charge < -0.3 is 5.32 Å². The maximum Gasteiger partial charge on any atom is 0.262 e. The predicted molar refractivity (Wildman–Crippen MR) is 130 cm³/mol. The normalized spacial score (nSPS) is 20.2. The van der Waals surface area contributed by atoms with Crippen LogP contribution in [-0.2, 0) is 9.59 Å². The molecule has 3 aromatic rings. The second-order valence-corrected chi connectivity index (χ2v) is 9.57. The van der Waals surface area contributed by atoms with Crippen LogP contribution in [0.15, 0.2) is 88.3 Å². The van der Waals surface area contributed by atoms with E-state index >= 15 is 0 Å². The number of thioether (sulfide) groups is 1. The number of carbonyl (C=O) groups excluding carboxylic acids is 2. The van der Waals surface area contributed by atoms with Crippen molar-refractivity contribution in [3.8, 4) is 0 Å². The first-order chi connectivity index (χ1) is 15.7. The first-order valence-electron chi connectivity index (χ1n) is 10.3. The molecule has 0 bridgehead atoms. The topological polar surface area (TPSA) is 74.1 Å². The monoisotopic (exact) mass is 460 g/mol. The van der Waals surface area contributed by atoms with Gasteiger partial charge in [-0.2, -0.15) is 10.1 Å². The number of nitrogens with one attached hydrogen (secondary N) is 1. The third kappa shape index (κ3) is 4.37. The van der Waals surface area contributed by atoms with E-state index < -0.39 is 5.25 Å². The Balaban J connectivity index is 1.33. The minimum absolute atomic E-state index is 0.0377. The van der Waals surface area contributed by atoms with Crippen molar-refractivity contribution in [1.29, 1.82) is 0 Å². The molecule has 160 valence electrons. The van der Waals surface area contributed by atoms with Crippen molar-refractivity contribution in [3.05, 3.63) is 88.6 Å². The molecule has 2 aliphatic heterocycles. The standard InChI is InChI=1S/C24H20N4O2S2/c29-22(25-17-10-5-2-6-11-17)15-21-23(30)26-24(32-21)28-19(16-8-3-1-4-9-16)14-18(27-28)20-12-7-13-31-20/h1-13,19,21H,14-15H2,(H,25,29)/t19-,21-/m1/s1. The third-order valence-electron chi connectivity index (χ3n) is 5.25. The molecule has 2 aliphatic rings. The molecule has 2 amide bonds. The Morgan fingerprint density at radius 2 is 1.78 bits per heavy atom. The van der Waals surface area contributed by atoms with Gasteiger partial charge in [0.25, 0.3) is 5.91 Å². The summed E-state index contributed by atoms with van der Waals surface area (Å²) in [5.41, 5.74) is 2.81. The number of hydrogen-bond donors (Lipinski definition) is 1. The predicted octanol–water partition coefficient (Wildman–Crippen LogP) is 4.93. The Morgan fingerprint density at radius 3 is 2.50 bits per heavy atom. The van der Waals surface area contributed by atoms with E-state index in [0.29, 0.717) is 10.9 Å². The van der Waals surface area contributed by atoms with Gasteiger partial charge >= 0.3 is 0 Å². The van der Waals surface area contributed by atoms with Crippen LogP contribution in [0, 0.1) is 0 Å². The van der Waals surface area contributed by atoms with Crippen molar-refractivity contribution < 1.29 is 9.59 Å². The van der Waals surface area contributed by atoms with Crippen LogP contribution >= 0.6 is 23.1 Å². The van der Waals surface area contributed by atoms with Gasteiger partial charge in [-0.15, -0.1) is 11.3 Å². The lowest BCUT2D eigenvalue weighted by molar-refractivity contribution is -0.121. The summed E-state index contributed by atoms with van der Waals surface area (Å²) < 4.78 is 0. The number of rotatable bonds is 5. The van der Waals surface area contributed by atoms with E-state index in [9.17, 15) is 9.59 Å². The summed E-state index contributed by atoms with van der Waals surface area (Å²) in [5, 5.41) is 11.6. The number of benzene rings is 2. The second kappa shape index (κ2) is 9.10. The van der Waals surface area contributed by atoms with E-state index in [0.717, 1.165) is 22.6 Å². The van der Waals surface area contributed by atoms with Crippen molar-refractivity contribution in [1.82, 2.24) is 5.01 Å². The number of aliphatic imine (C=N–C) groups is 1. The SMILES string of the molecule is O=C(C[C@H]1SC(N2N=C(c3cccs3)C[C@@H]2c2ccccc2)=NC1=O)Nc1ccccc1. The first kappa shape index (κ1) is 20.7. The van der Waals surface area contributed by atoms with Gasteiger partial charge in [-0.05, 0) is 29.1 Å². The lowest BCUT2D eigenvalue weighted by atomic mass is 10.0. The van der Waals surface area contributed by atoms with Crippen LogP contribution in [0.4, 0.5) is 5.69 Å². The van der Waals surface area contributed by atoms with Crippen molar-refractivity contribution in [2.45, 2.75) is 24.1 Å². The highest BCUT2D eigenvalue weighted by atomic mass is 32.2. The molecule has 32 heavy (non-hydrogen) atoms. The van der Waals surface area contributed by atoms with Crippen LogP contribution in [0.1, 0.15) is 29.3 Å². The van der Waals surface area contributed by atoms with Crippen LogP contribution in [0.2, 0.25) is 0 Å². The van der Waals surface area contributed by atoms with Crippen LogP contribution in [0.5, 0.6) is 0 Å². The van der Waals surface area contributed by atoms with Crippen LogP contribution in [-0.4, -0.2) is 33.0 Å². The molecule has 0 aliphatic carbocycles. The minimum Gasteiger partial charge on any atom is -0.326 e. The van der Waals surface area contributed by atoms with Gasteiger partial charge in [-0.1, -0.05) is 66.4 Å². The molecule has 2 atom stereocenters. The van der Waals surface area contributed by atoms with Gasteiger partial charge in [0, 0.05) is 18.5 Å². The summed E-state index contributed by atoms with van der Waals surface area (Å²) in [6.07, 6.45) is 0.800. The Kier molecular flexibility index (Phi) is 5.87. The molecule has 0 saturated heterocycles. The lowest BCUT2D eigenvalue weighted by Gasteiger charge is -2.23. The molecule has 0 spiro atoms. The van der Waals surface area contributed by atoms with E-state index in [-0.39, 0.29) is 24.3 Å². The minimum atomic E-state index is -0.550. The molecule has 2 aromatic carbocycles. The number of nitrogens with zero attached hydrogens (tertiary/aromatic N) is 3. The maximum absolute atomic E-state index is 12.6. The molecule has 0 radical (unpaired) electrons. The molecular formula is C24H20N4O2S2. The summed E-state index contributed by atoms with van der Waals surface area (Å²) in [4.78, 5) is 30.5. The zero-order valence-electron chi connectivity index (χ0n) is 17.0. The fourth-order valence-electron chi connectivity index (χ4n) is 3.72. The third-order valence-corrected chi connectivity index (χ3v) is 7.31. The van der Waals surface area contributed by atoms with Crippen molar-refractivity contribution in [2.24, 2.45) is 10.1 Å². The highest BCUT2D eigenvalue weighted by Gasteiger charge is 2.39. The molecule has 6 nitrogen and oxygen atoms in total. The van der Waals surface area contributed by atoms with Crippen molar-refractivity contribution >= 4 is 51.5 Å². The molecule has 1 aromatic heterocycles. The summed E-state index contributed by atoms with van der Waals surface area (Å²) >= 11 is 2.96. The van der Waals surface area contributed by atoms with E-state index in [1.807, 2.05) is 65.0 Å². The molecule has 8 heteroatoms. The molecule has 0 saturated carbocycles. The quantitative estimate of drug-likeness (QED) is 0.586. The Bertz CT molecular complexity index is 1180. The Morgan fingerprint density at radius 1 is 1.03 bits per heavy atom. The Labute approximate surface area is 194 Å². The lowest BCUT2D eigenvalue weighted by Crippen LogP contribution is -2.25. The van der Waals surface area contributed by atoms with Gasteiger partial charge in [-0.3, -0.25) is 9.59 Å². The number of anilines is 1. The molecule has 1 N–H and O–H groups in total. The summed E-state index contributed by atoms with van der Waals surface area (Å²) in [5.74, 6) is -0.498. The fraction of sp³-hybridized carbons (Fsp3) is 0.167. The first-order valence-corrected chi connectivity index (χ1v) is 12.0. The number of amidine groups is 1. The number of thiophene rings is 1. The number of carbonyl (C=O) groups is 2. The number of hydrogen-bond acceptors (Lipinski definition) is 6. The molecule has 3 heterocycles. The average Bonchev–Trinajstić information content (AvgIpc) is 3.55. The van der Waals surface area contributed by atoms with Crippen LogP contribution in [0.25, 0.3) is 0 Å². The fourth-order valence-corrected chi connectivity index (χ4v) is 5.50. The largest absolute Gasteiger partial charge is 0.326 e. The molecular weight excluding hydrogens is 440 g/mol. The number of hydrazone groups is 1. The summed E-state index contributed by atoms with van der Waals surface area (Å²) in [6, 6.07) is 23.4. The smallest absolute Gasteiger partial charge is 0.262 e. The Hall–Kier alpha value is -3.23. The van der Waals surface area contributed by atoms with Crippen molar-refractivity contribution in [2.75, 3.05) is 5.32 Å². The highest BCUT2D eigenvalue weighted by molar-refractivity contribution is 8.15. The summed E-state index contributed by atoms with van der Waals surface area (Å²) in [6.45, 7) is 0. The van der Waals surface area contributed by atoms with E-state index in [4.69, 9.17) is 5.10 Å². The zero-order valence-corrected chi connectivity index (χ0v) is 18.7. The van der Waals surface area contributed by atoms with E-state index in [1.54, 1.807) is 11.3 Å². The van der Waals surface area contributed by atoms with Gasteiger partial charge in [-0.25, -0.2) is 5.01 Å². The second-order valence-electron chi connectivity index (χ2n) is 7.46. The van der Waals surface area contributed by atoms with Crippen molar-refractivity contribution in [3.63, 3.8) is 0 Å². The summed E-state index contributed by atoms with van der Waals surface area (Å²) in [7, 11) is 0. The van der Waals surface area contributed by atoms with Gasteiger partial charge in [0.15, 0.2) is 5.17 Å². The van der Waals surface area contributed by atoms with E-state index in [2.05, 4.69) is 28.5 Å². The van der Waals surface area contributed by atoms with Crippen LogP contribution in [0.3, 0.4) is 0 Å². The van der Waals surface area contributed by atoms with Gasteiger partial charge in [0.05, 0.1) is 16.6 Å². The zero-order chi connectivity index (χ0) is 21.9. The highest BCUT2D eigenvalue weighted by Crippen LogP contribution is 2.39. The molecule has 0 unspecified atom stereocenters. The molecule has 0 fully saturated rings. The average molecular weight is 461 g/mol.